The van der Waals surface area contributed by atoms with Crippen LogP contribution in [0.1, 0.15) is 13.3 Å². The molecule has 2 rings (SSSR count). The molecule has 0 spiro atoms. The van der Waals surface area contributed by atoms with Gasteiger partial charge in [-0.1, -0.05) is 11.6 Å². The number of rotatable bonds is 2. The molecular formula is C9H12ClN3O2S. The average Bonchev–Trinajstić information content (AvgIpc) is 2.40. The SMILES string of the molecule is CC1(Nc2cc(Cl)ncn2)CCS(=O)(=O)C1. The van der Waals surface area contributed by atoms with Crippen molar-refractivity contribution in [3.05, 3.63) is 17.5 Å². The van der Waals surface area contributed by atoms with E-state index in [-0.39, 0.29) is 11.5 Å². The van der Waals surface area contributed by atoms with E-state index in [4.69, 9.17) is 11.6 Å². The number of nitrogens with zero attached hydrogens (tertiary/aromatic N) is 2. The smallest absolute Gasteiger partial charge is 0.152 e. The maximum absolute atomic E-state index is 11.4. The maximum atomic E-state index is 11.4. The van der Waals surface area contributed by atoms with E-state index in [0.717, 1.165) is 0 Å². The lowest BCUT2D eigenvalue weighted by atomic mass is 10.0. The van der Waals surface area contributed by atoms with Gasteiger partial charge in [-0.05, 0) is 13.3 Å². The number of hydrogen-bond acceptors (Lipinski definition) is 5. The van der Waals surface area contributed by atoms with E-state index in [1.54, 1.807) is 6.07 Å². The van der Waals surface area contributed by atoms with Crippen molar-refractivity contribution in [1.82, 2.24) is 9.97 Å². The molecule has 88 valence electrons. The summed E-state index contributed by atoms with van der Waals surface area (Å²) >= 11 is 5.72. The predicted octanol–water partition coefficient (Wildman–Crippen LogP) is 1.12. The number of anilines is 1. The first kappa shape index (κ1) is 11.6. The van der Waals surface area contributed by atoms with Crippen molar-refractivity contribution in [2.75, 3.05) is 16.8 Å². The Morgan fingerprint density at radius 3 is 2.81 bits per heavy atom. The second-order valence-corrected chi connectivity index (χ2v) is 6.82. The molecule has 1 aliphatic rings. The van der Waals surface area contributed by atoms with Crippen molar-refractivity contribution in [3.63, 3.8) is 0 Å². The Morgan fingerprint density at radius 2 is 2.25 bits per heavy atom. The van der Waals surface area contributed by atoms with Crippen LogP contribution in [0.15, 0.2) is 12.4 Å². The van der Waals surface area contributed by atoms with Gasteiger partial charge >= 0.3 is 0 Å². The van der Waals surface area contributed by atoms with E-state index in [2.05, 4.69) is 15.3 Å². The zero-order valence-corrected chi connectivity index (χ0v) is 10.3. The third-order valence-corrected chi connectivity index (χ3v) is 4.68. The Kier molecular flexibility index (Phi) is 2.79. The molecule has 1 fully saturated rings. The Morgan fingerprint density at radius 1 is 1.50 bits per heavy atom. The fourth-order valence-electron chi connectivity index (χ4n) is 1.82. The summed E-state index contributed by atoms with van der Waals surface area (Å²) in [6.45, 7) is 1.87. The van der Waals surface area contributed by atoms with Crippen LogP contribution in [0, 0.1) is 0 Å². The van der Waals surface area contributed by atoms with Crippen molar-refractivity contribution >= 4 is 27.3 Å². The van der Waals surface area contributed by atoms with Gasteiger partial charge in [-0.15, -0.1) is 0 Å². The third-order valence-electron chi connectivity index (χ3n) is 2.57. The molecule has 1 saturated heterocycles. The molecule has 0 bridgehead atoms. The van der Waals surface area contributed by atoms with E-state index >= 15 is 0 Å². The third kappa shape index (κ3) is 2.62. The molecule has 1 aromatic rings. The molecule has 1 aromatic heterocycles. The van der Waals surface area contributed by atoms with E-state index < -0.39 is 15.4 Å². The van der Waals surface area contributed by atoms with Gasteiger partial charge in [0.15, 0.2) is 9.84 Å². The van der Waals surface area contributed by atoms with Gasteiger partial charge < -0.3 is 5.32 Å². The van der Waals surface area contributed by atoms with E-state index in [9.17, 15) is 8.42 Å². The monoisotopic (exact) mass is 261 g/mol. The first-order valence-electron chi connectivity index (χ1n) is 4.85. The molecule has 7 heteroatoms. The first-order valence-corrected chi connectivity index (χ1v) is 7.05. The van der Waals surface area contributed by atoms with Gasteiger partial charge in [-0.3, -0.25) is 0 Å². The molecule has 1 N–H and O–H groups in total. The Balaban J connectivity index is 2.16. The highest BCUT2D eigenvalue weighted by Crippen LogP contribution is 2.26. The summed E-state index contributed by atoms with van der Waals surface area (Å²) in [6, 6.07) is 1.58. The molecular weight excluding hydrogens is 250 g/mol. The van der Waals surface area contributed by atoms with Crippen LogP contribution in [0.5, 0.6) is 0 Å². The van der Waals surface area contributed by atoms with E-state index in [1.165, 1.54) is 6.33 Å². The van der Waals surface area contributed by atoms with Gasteiger partial charge in [-0.25, -0.2) is 18.4 Å². The lowest BCUT2D eigenvalue weighted by Crippen LogP contribution is -2.36. The largest absolute Gasteiger partial charge is 0.364 e. The lowest BCUT2D eigenvalue weighted by Gasteiger charge is -2.24. The van der Waals surface area contributed by atoms with Crippen LogP contribution in [0.4, 0.5) is 5.82 Å². The number of aromatic nitrogens is 2. The molecule has 0 radical (unpaired) electrons. The number of hydrogen-bond donors (Lipinski definition) is 1. The molecule has 5 nitrogen and oxygen atoms in total. The summed E-state index contributed by atoms with van der Waals surface area (Å²) < 4.78 is 22.8. The zero-order valence-electron chi connectivity index (χ0n) is 8.77. The molecule has 1 atom stereocenters. The van der Waals surface area contributed by atoms with Gasteiger partial charge in [0.1, 0.15) is 17.3 Å². The zero-order chi connectivity index (χ0) is 11.8. The second kappa shape index (κ2) is 3.85. The molecule has 2 heterocycles. The topological polar surface area (TPSA) is 72.0 Å². The highest BCUT2D eigenvalue weighted by molar-refractivity contribution is 7.91. The molecule has 0 saturated carbocycles. The summed E-state index contributed by atoms with van der Waals surface area (Å²) in [6.07, 6.45) is 1.93. The van der Waals surface area contributed by atoms with Crippen LogP contribution in [0.3, 0.4) is 0 Å². The first-order chi connectivity index (χ1) is 7.39. The average molecular weight is 262 g/mol. The lowest BCUT2D eigenvalue weighted by molar-refractivity contribution is 0.572. The minimum atomic E-state index is -2.92. The molecule has 0 aromatic carbocycles. The fourth-order valence-corrected chi connectivity index (χ4v) is 4.06. The predicted molar refractivity (Wildman–Crippen MR) is 62.3 cm³/mol. The van der Waals surface area contributed by atoms with Crippen molar-refractivity contribution in [2.24, 2.45) is 0 Å². The maximum Gasteiger partial charge on any atom is 0.152 e. The quantitative estimate of drug-likeness (QED) is 0.808. The number of halogens is 1. The Hall–Kier alpha value is -0.880. The van der Waals surface area contributed by atoms with Crippen molar-refractivity contribution in [3.8, 4) is 0 Å². The summed E-state index contributed by atoms with van der Waals surface area (Å²) in [5, 5.41) is 3.43. The highest BCUT2D eigenvalue weighted by Gasteiger charge is 2.38. The van der Waals surface area contributed by atoms with Gasteiger partial charge in [0.2, 0.25) is 0 Å². The van der Waals surface area contributed by atoms with Crippen LogP contribution in [-0.4, -0.2) is 35.4 Å². The molecule has 1 unspecified atom stereocenters. The standard InChI is InChI=1S/C9H12ClN3O2S/c1-9(2-3-16(14,15)5-9)13-8-4-7(10)11-6-12-8/h4,6H,2-3,5H2,1H3,(H,11,12,13). The van der Waals surface area contributed by atoms with Gasteiger partial charge in [0.25, 0.3) is 0 Å². The van der Waals surface area contributed by atoms with Crippen molar-refractivity contribution in [1.29, 1.82) is 0 Å². The number of nitrogens with one attached hydrogen (secondary N) is 1. The highest BCUT2D eigenvalue weighted by atomic mass is 35.5. The Bertz CT molecular complexity index is 505. The van der Waals surface area contributed by atoms with Crippen LogP contribution < -0.4 is 5.32 Å². The molecule has 1 aliphatic heterocycles. The minimum absolute atomic E-state index is 0.127. The van der Waals surface area contributed by atoms with E-state index in [0.29, 0.717) is 17.4 Å². The minimum Gasteiger partial charge on any atom is -0.364 e. The van der Waals surface area contributed by atoms with E-state index in [1.807, 2.05) is 6.92 Å². The van der Waals surface area contributed by atoms with Crippen LogP contribution >= 0.6 is 11.6 Å². The Labute approximate surface area is 99.2 Å². The van der Waals surface area contributed by atoms with Gasteiger partial charge in [0.05, 0.1) is 17.0 Å². The summed E-state index contributed by atoms with van der Waals surface area (Å²) in [5.41, 5.74) is -0.462. The summed E-state index contributed by atoms with van der Waals surface area (Å²) in [4.78, 5) is 7.76. The fraction of sp³-hybridized carbons (Fsp3) is 0.556. The molecule has 16 heavy (non-hydrogen) atoms. The van der Waals surface area contributed by atoms with Crippen molar-refractivity contribution in [2.45, 2.75) is 18.9 Å². The summed E-state index contributed by atoms with van der Waals surface area (Å²) in [7, 11) is -2.92. The second-order valence-electron chi connectivity index (χ2n) is 4.25. The van der Waals surface area contributed by atoms with Crippen LogP contribution in [0.25, 0.3) is 0 Å². The van der Waals surface area contributed by atoms with Crippen LogP contribution in [0.2, 0.25) is 5.15 Å². The van der Waals surface area contributed by atoms with Crippen LogP contribution in [-0.2, 0) is 9.84 Å². The number of sulfone groups is 1. The molecule has 0 aliphatic carbocycles. The molecule has 0 amide bonds. The van der Waals surface area contributed by atoms with Crippen molar-refractivity contribution < 1.29 is 8.42 Å². The normalized spacial score (nSPS) is 27.9. The van der Waals surface area contributed by atoms with Gasteiger partial charge in [0, 0.05) is 6.07 Å². The summed E-state index contributed by atoms with van der Waals surface area (Å²) in [5.74, 6) is 0.899. The van der Waals surface area contributed by atoms with Gasteiger partial charge in [-0.2, -0.15) is 0 Å².